The summed E-state index contributed by atoms with van der Waals surface area (Å²) in [5.41, 5.74) is 3.70. The van der Waals surface area contributed by atoms with E-state index in [1.54, 1.807) is 18.3 Å². The normalized spacial score (nSPS) is 17.2. The van der Waals surface area contributed by atoms with Gasteiger partial charge in [-0.15, -0.1) is 0 Å². The molecule has 5 heterocycles. The second-order valence-corrected chi connectivity index (χ2v) is 12.5. The van der Waals surface area contributed by atoms with Gasteiger partial charge in [0.2, 0.25) is 0 Å². The molecule has 0 spiro atoms. The van der Waals surface area contributed by atoms with Crippen LogP contribution in [-0.4, -0.2) is 67.9 Å². The lowest BCUT2D eigenvalue weighted by Gasteiger charge is -2.37. The number of pyridine rings is 3. The summed E-state index contributed by atoms with van der Waals surface area (Å²) < 4.78 is 35.9. The van der Waals surface area contributed by atoms with Crippen LogP contribution in [0.25, 0.3) is 22.3 Å². The minimum Gasteiger partial charge on any atom is -0.381 e. The molecule has 212 valence electrons. The summed E-state index contributed by atoms with van der Waals surface area (Å²) in [6, 6.07) is 16.6. The number of sulfone groups is 1. The van der Waals surface area contributed by atoms with E-state index < -0.39 is 9.84 Å². The van der Waals surface area contributed by atoms with Crippen LogP contribution in [0.1, 0.15) is 28.5 Å². The Bertz CT molecular complexity index is 1720. The van der Waals surface area contributed by atoms with E-state index in [0.717, 1.165) is 41.3 Å². The summed E-state index contributed by atoms with van der Waals surface area (Å²) in [5, 5.41) is 3.71. The van der Waals surface area contributed by atoms with Gasteiger partial charge >= 0.3 is 0 Å². The Morgan fingerprint density at radius 2 is 1.90 bits per heavy atom. The molecule has 4 aromatic rings. The fourth-order valence-electron chi connectivity index (χ4n) is 4.96. The van der Waals surface area contributed by atoms with E-state index in [0.29, 0.717) is 23.2 Å². The second kappa shape index (κ2) is 11.2. The van der Waals surface area contributed by atoms with Gasteiger partial charge < -0.3 is 19.7 Å². The summed E-state index contributed by atoms with van der Waals surface area (Å²) in [6.07, 6.45) is 1.72. The van der Waals surface area contributed by atoms with E-state index in [1.807, 2.05) is 43.4 Å². The number of hydrogen-bond acceptors (Lipinski definition) is 9. The lowest BCUT2D eigenvalue weighted by molar-refractivity contribution is -0.0415. The lowest BCUT2D eigenvalue weighted by atomic mass is 9.98. The van der Waals surface area contributed by atoms with Gasteiger partial charge in [-0.05, 0) is 55.0 Å². The van der Waals surface area contributed by atoms with E-state index in [-0.39, 0.29) is 41.9 Å². The van der Waals surface area contributed by atoms with E-state index in [4.69, 9.17) is 19.4 Å². The van der Waals surface area contributed by atoms with Gasteiger partial charge in [0.15, 0.2) is 9.84 Å². The number of fused-ring (bicyclic) bond motifs is 2. The van der Waals surface area contributed by atoms with Crippen LogP contribution < -0.4 is 10.2 Å². The average molecular weight is 574 g/mol. The van der Waals surface area contributed by atoms with Crippen LogP contribution in [0.2, 0.25) is 0 Å². The zero-order chi connectivity index (χ0) is 28.6. The molecule has 1 aromatic carbocycles. The SMILES string of the molecule is C[C@H](C1COC1)N(C)c1cccc(-c2ccc3cnc(CNC(=O)c4ccc5c(c4)S(=O)(=O)CCOC5)cc3n2)n1. The number of aromatic nitrogens is 3. The molecule has 2 aliphatic heterocycles. The topological polar surface area (TPSA) is 124 Å². The van der Waals surface area contributed by atoms with Crippen molar-refractivity contribution >= 4 is 32.5 Å². The average Bonchev–Trinajstić information content (AvgIpc) is 3.11. The Labute approximate surface area is 238 Å². The first-order valence-electron chi connectivity index (χ1n) is 13.5. The predicted molar refractivity (Wildman–Crippen MR) is 154 cm³/mol. The molecule has 0 aliphatic carbocycles. The van der Waals surface area contributed by atoms with E-state index in [2.05, 4.69) is 22.1 Å². The number of nitrogens with one attached hydrogen (secondary N) is 1. The van der Waals surface area contributed by atoms with E-state index >= 15 is 0 Å². The molecule has 11 heteroatoms. The summed E-state index contributed by atoms with van der Waals surface area (Å²) in [6.45, 7) is 4.24. The maximum Gasteiger partial charge on any atom is 0.251 e. The van der Waals surface area contributed by atoms with Crippen molar-refractivity contribution in [2.75, 3.05) is 37.5 Å². The Morgan fingerprint density at radius 3 is 2.71 bits per heavy atom. The first kappa shape index (κ1) is 27.3. The third-order valence-corrected chi connectivity index (χ3v) is 9.55. The van der Waals surface area contributed by atoms with Gasteiger partial charge in [0, 0.05) is 36.2 Å². The van der Waals surface area contributed by atoms with Crippen LogP contribution in [0.15, 0.2) is 65.7 Å². The van der Waals surface area contributed by atoms with Crippen LogP contribution in [0, 0.1) is 5.92 Å². The van der Waals surface area contributed by atoms with Gasteiger partial charge in [-0.3, -0.25) is 9.78 Å². The molecular formula is C30H31N5O5S. The van der Waals surface area contributed by atoms with Crippen LogP contribution in [-0.2, 0) is 32.5 Å². The van der Waals surface area contributed by atoms with Crippen LogP contribution in [0.3, 0.4) is 0 Å². The Balaban J connectivity index is 1.18. The smallest absolute Gasteiger partial charge is 0.251 e. The molecule has 1 atom stereocenters. The number of amides is 1. The van der Waals surface area contributed by atoms with Crippen LogP contribution >= 0.6 is 0 Å². The van der Waals surface area contributed by atoms with Crippen LogP contribution in [0.5, 0.6) is 0 Å². The Hall–Kier alpha value is -3.93. The Kier molecular flexibility index (Phi) is 7.41. The molecule has 1 fully saturated rings. The summed E-state index contributed by atoms with van der Waals surface area (Å²) >= 11 is 0. The van der Waals surface area contributed by atoms with E-state index in [9.17, 15) is 13.2 Å². The summed E-state index contributed by atoms with van der Waals surface area (Å²) in [5.74, 6) is 0.881. The number of rotatable bonds is 7. The highest BCUT2D eigenvalue weighted by molar-refractivity contribution is 7.91. The predicted octanol–water partition coefficient (Wildman–Crippen LogP) is 3.40. The van der Waals surface area contributed by atoms with Gasteiger partial charge in [-0.25, -0.2) is 18.4 Å². The number of benzene rings is 1. The van der Waals surface area contributed by atoms with Crippen molar-refractivity contribution < 1.29 is 22.7 Å². The molecule has 2 aliphatic rings. The standard InChI is InChI=1S/C30H31N5O5S/c1-19(23-17-40-18-23)35(2)29-5-3-4-25(34-29)26-9-8-21-14-31-24(13-27(21)33-26)15-32-30(36)20-6-7-22-16-39-10-11-41(37,38)28(22)12-20/h3-9,12-14,19,23H,10-11,15-18H2,1-2H3,(H,32,36)/t19-/m1/s1. The quantitative estimate of drug-likeness (QED) is 0.354. The molecule has 41 heavy (non-hydrogen) atoms. The molecule has 10 nitrogen and oxygen atoms in total. The molecule has 6 rings (SSSR count). The molecule has 1 N–H and O–H groups in total. The zero-order valence-corrected chi connectivity index (χ0v) is 23.7. The molecule has 0 saturated carbocycles. The molecular weight excluding hydrogens is 542 g/mol. The van der Waals surface area contributed by atoms with Crippen molar-refractivity contribution in [3.8, 4) is 11.4 Å². The minimum atomic E-state index is -3.51. The fourth-order valence-corrected chi connectivity index (χ4v) is 6.35. The highest BCUT2D eigenvalue weighted by atomic mass is 32.2. The number of carbonyl (C=O) groups is 1. The van der Waals surface area contributed by atoms with Gasteiger partial charge in [0.25, 0.3) is 5.91 Å². The van der Waals surface area contributed by atoms with Gasteiger partial charge in [0.1, 0.15) is 5.82 Å². The highest BCUT2D eigenvalue weighted by Gasteiger charge is 2.28. The summed E-state index contributed by atoms with van der Waals surface area (Å²) in [7, 11) is -1.46. The number of anilines is 1. The lowest BCUT2D eigenvalue weighted by Crippen LogP contribution is -2.45. The number of carbonyl (C=O) groups excluding carboxylic acids is 1. The first-order chi connectivity index (χ1) is 19.8. The maximum absolute atomic E-state index is 12.9. The number of nitrogens with zero attached hydrogens (tertiary/aromatic N) is 4. The van der Waals surface area contributed by atoms with Crippen molar-refractivity contribution in [1.29, 1.82) is 0 Å². The largest absolute Gasteiger partial charge is 0.381 e. The maximum atomic E-state index is 12.9. The first-order valence-corrected chi connectivity index (χ1v) is 15.2. The molecule has 3 aromatic heterocycles. The molecule has 0 radical (unpaired) electrons. The third-order valence-electron chi connectivity index (χ3n) is 7.79. The third kappa shape index (κ3) is 5.65. The summed E-state index contributed by atoms with van der Waals surface area (Å²) in [4.78, 5) is 29.4. The second-order valence-electron chi connectivity index (χ2n) is 10.5. The van der Waals surface area contributed by atoms with E-state index in [1.165, 1.54) is 6.07 Å². The zero-order valence-electron chi connectivity index (χ0n) is 22.9. The molecule has 1 saturated heterocycles. The van der Waals surface area contributed by atoms with Crippen molar-refractivity contribution in [1.82, 2.24) is 20.3 Å². The van der Waals surface area contributed by atoms with Crippen molar-refractivity contribution in [2.24, 2.45) is 5.92 Å². The molecule has 0 unspecified atom stereocenters. The molecule has 0 bridgehead atoms. The number of ether oxygens (including phenoxy) is 2. The van der Waals surface area contributed by atoms with Crippen LogP contribution in [0.4, 0.5) is 5.82 Å². The van der Waals surface area contributed by atoms with Gasteiger partial charge in [-0.1, -0.05) is 12.1 Å². The Morgan fingerprint density at radius 1 is 1.07 bits per heavy atom. The van der Waals surface area contributed by atoms with Crippen molar-refractivity contribution in [3.63, 3.8) is 0 Å². The fraction of sp³-hybridized carbons (Fsp3) is 0.333. The monoisotopic (exact) mass is 573 g/mol. The molecule has 1 amide bonds. The minimum absolute atomic E-state index is 0.105. The number of hydrogen-bond donors (Lipinski definition) is 1. The van der Waals surface area contributed by atoms with Crippen molar-refractivity contribution in [3.05, 3.63) is 77.6 Å². The van der Waals surface area contributed by atoms with Crippen molar-refractivity contribution in [2.45, 2.75) is 31.0 Å². The highest BCUT2D eigenvalue weighted by Crippen LogP contribution is 2.26. The van der Waals surface area contributed by atoms with Gasteiger partial charge in [-0.2, -0.15) is 0 Å². The van der Waals surface area contributed by atoms with Gasteiger partial charge in [0.05, 0.1) is 66.2 Å².